The summed E-state index contributed by atoms with van der Waals surface area (Å²) in [6, 6.07) is 7.26. The number of fused-ring (bicyclic) bond motifs is 1. The molecule has 0 spiro atoms. The van der Waals surface area contributed by atoms with Gasteiger partial charge in [-0.15, -0.1) is 0 Å². The highest BCUT2D eigenvalue weighted by molar-refractivity contribution is 8.00. The Hall–Kier alpha value is -1.70. The highest BCUT2D eigenvalue weighted by Gasteiger charge is 2.44. The van der Waals surface area contributed by atoms with Crippen LogP contribution in [0.2, 0.25) is 0 Å². The number of aliphatic carboxylic acids is 1. The van der Waals surface area contributed by atoms with Crippen LogP contribution in [0.3, 0.4) is 0 Å². The van der Waals surface area contributed by atoms with E-state index >= 15 is 0 Å². The highest BCUT2D eigenvalue weighted by Crippen LogP contribution is 2.49. The van der Waals surface area contributed by atoms with E-state index in [9.17, 15) is 15.0 Å². The standard InChI is InChI=1S/C23H32O6S/c1-28-16-4-2-5-17(12-16)29-14-15(24)8-10-19-20-11-9-18(6-3-7-23(26)27)30-22(20)13-21(19)25/h2,4-5,8,10,12,15,18-22,24-25H,3,6-7,9,11,13-14H2,1H3,(H,26,27)/b10-8+/t15-,18?,19-,20-,21-,22+/m1/s1. The number of carboxylic acids is 1. The van der Waals surface area contributed by atoms with Crippen molar-refractivity contribution in [2.45, 2.75) is 61.2 Å². The second-order valence-electron chi connectivity index (χ2n) is 8.15. The average Bonchev–Trinajstić information content (AvgIpc) is 3.04. The van der Waals surface area contributed by atoms with E-state index in [0.717, 1.165) is 32.1 Å². The van der Waals surface area contributed by atoms with Crippen LogP contribution in [-0.2, 0) is 4.79 Å². The Balaban J connectivity index is 1.46. The summed E-state index contributed by atoms with van der Waals surface area (Å²) in [5.74, 6) is 1.07. The third kappa shape index (κ3) is 6.40. The predicted octanol–water partition coefficient (Wildman–Crippen LogP) is 3.51. The van der Waals surface area contributed by atoms with Gasteiger partial charge in [0.15, 0.2) is 0 Å². The summed E-state index contributed by atoms with van der Waals surface area (Å²) in [6.45, 7) is 0.140. The van der Waals surface area contributed by atoms with E-state index in [1.165, 1.54) is 0 Å². The van der Waals surface area contributed by atoms with Gasteiger partial charge in [0.1, 0.15) is 24.2 Å². The van der Waals surface area contributed by atoms with E-state index in [1.54, 1.807) is 19.3 Å². The van der Waals surface area contributed by atoms with Crippen molar-refractivity contribution in [3.63, 3.8) is 0 Å². The van der Waals surface area contributed by atoms with Gasteiger partial charge in [-0.1, -0.05) is 18.2 Å². The summed E-state index contributed by atoms with van der Waals surface area (Å²) in [7, 11) is 1.60. The molecule has 0 aromatic heterocycles. The van der Waals surface area contributed by atoms with Crippen molar-refractivity contribution in [2.75, 3.05) is 13.7 Å². The molecule has 2 aliphatic rings. The fraction of sp³-hybridized carbons (Fsp3) is 0.609. The average molecular weight is 437 g/mol. The molecule has 1 unspecified atom stereocenters. The van der Waals surface area contributed by atoms with Crippen LogP contribution in [-0.4, -0.2) is 57.7 Å². The maximum atomic E-state index is 10.7. The number of carboxylic acid groups (broad SMARTS) is 1. The molecule has 6 atom stereocenters. The van der Waals surface area contributed by atoms with E-state index < -0.39 is 18.2 Å². The van der Waals surface area contributed by atoms with E-state index in [2.05, 4.69) is 0 Å². The monoisotopic (exact) mass is 436 g/mol. The van der Waals surface area contributed by atoms with Crippen LogP contribution in [0.4, 0.5) is 0 Å². The van der Waals surface area contributed by atoms with Gasteiger partial charge in [-0.25, -0.2) is 0 Å². The first kappa shape index (κ1) is 23.0. The minimum atomic E-state index is -0.748. The molecule has 0 radical (unpaired) electrons. The number of methoxy groups -OCH3 is 1. The molecule has 1 aliphatic carbocycles. The Morgan fingerprint density at radius 1 is 1.33 bits per heavy atom. The van der Waals surface area contributed by atoms with Crippen molar-refractivity contribution in [1.29, 1.82) is 0 Å². The maximum Gasteiger partial charge on any atom is 0.303 e. The lowest BCUT2D eigenvalue weighted by molar-refractivity contribution is -0.137. The third-order valence-electron chi connectivity index (χ3n) is 6.01. The van der Waals surface area contributed by atoms with Gasteiger partial charge in [0.25, 0.3) is 0 Å². The molecule has 1 aromatic rings. The number of hydrogen-bond donors (Lipinski definition) is 3. The molecule has 1 saturated carbocycles. The van der Waals surface area contributed by atoms with Crippen molar-refractivity contribution in [1.82, 2.24) is 0 Å². The lowest BCUT2D eigenvalue weighted by atomic mass is 9.88. The Morgan fingerprint density at radius 2 is 2.13 bits per heavy atom. The molecule has 3 N–H and O–H groups in total. The summed E-state index contributed by atoms with van der Waals surface area (Å²) >= 11 is 1.92. The lowest BCUT2D eigenvalue weighted by Crippen LogP contribution is -2.27. The zero-order chi connectivity index (χ0) is 21.5. The van der Waals surface area contributed by atoms with E-state index in [4.69, 9.17) is 14.6 Å². The Labute approximate surface area is 182 Å². The number of rotatable bonds is 10. The Morgan fingerprint density at radius 3 is 2.90 bits per heavy atom. The van der Waals surface area contributed by atoms with Gasteiger partial charge >= 0.3 is 5.97 Å². The topological polar surface area (TPSA) is 96.2 Å². The molecule has 1 aliphatic heterocycles. The van der Waals surface area contributed by atoms with Crippen molar-refractivity contribution < 1.29 is 29.6 Å². The first-order valence-electron chi connectivity index (χ1n) is 10.6. The summed E-state index contributed by atoms with van der Waals surface area (Å²) in [4.78, 5) is 10.7. The van der Waals surface area contributed by atoms with Crippen molar-refractivity contribution in [3.05, 3.63) is 36.4 Å². The second-order valence-corrected chi connectivity index (χ2v) is 9.69. The van der Waals surface area contributed by atoms with Crippen LogP contribution in [0.1, 0.15) is 38.5 Å². The van der Waals surface area contributed by atoms with Crippen LogP contribution in [0.5, 0.6) is 11.5 Å². The van der Waals surface area contributed by atoms with E-state index in [-0.39, 0.29) is 18.9 Å². The van der Waals surface area contributed by atoms with Crippen molar-refractivity contribution in [2.24, 2.45) is 11.8 Å². The van der Waals surface area contributed by atoms with Crippen molar-refractivity contribution >= 4 is 17.7 Å². The maximum absolute atomic E-state index is 10.7. The number of hydrogen-bond acceptors (Lipinski definition) is 6. The van der Waals surface area contributed by atoms with Gasteiger partial charge in [-0.05, 0) is 50.2 Å². The van der Waals surface area contributed by atoms with Crippen LogP contribution >= 0.6 is 11.8 Å². The Kier molecular flexibility index (Phi) is 8.48. The molecule has 30 heavy (non-hydrogen) atoms. The van der Waals surface area contributed by atoms with Crippen molar-refractivity contribution in [3.8, 4) is 11.5 Å². The molecule has 1 heterocycles. The fourth-order valence-corrected chi connectivity index (χ4v) is 6.38. The van der Waals surface area contributed by atoms with Crippen LogP contribution < -0.4 is 9.47 Å². The molecule has 0 bridgehead atoms. The minimum absolute atomic E-state index is 0.0499. The number of ether oxygens (including phenoxy) is 2. The summed E-state index contributed by atoms with van der Waals surface area (Å²) in [5.41, 5.74) is 0. The molecular weight excluding hydrogens is 404 g/mol. The number of aliphatic hydroxyl groups excluding tert-OH is 2. The van der Waals surface area contributed by atoms with Gasteiger partial charge in [-0.2, -0.15) is 11.8 Å². The normalized spacial score (nSPS) is 29.5. The van der Waals surface area contributed by atoms with Gasteiger partial charge in [0.2, 0.25) is 0 Å². The largest absolute Gasteiger partial charge is 0.497 e. The smallest absolute Gasteiger partial charge is 0.303 e. The fourth-order valence-electron chi connectivity index (χ4n) is 4.48. The third-order valence-corrected chi connectivity index (χ3v) is 7.76. The van der Waals surface area contributed by atoms with E-state index in [0.29, 0.717) is 27.9 Å². The van der Waals surface area contributed by atoms with Crippen LogP contribution in [0.15, 0.2) is 36.4 Å². The molecule has 7 heteroatoms. The number of carbonyl (C=O) groups is 1. The number of benzene rings is 1. The zero-order valence-electron chi connectivity index (χ0n) is 17.4. The SMILES string of the molecule is COc1cccc(OC[C@H](O)/C=C/[C@@H]2[C@H]3CCC(CCCC(=O)O)S[C@H]3C[C@H]2O)c1. The quantitative estimate of drug-likeness (QED) is 0.483. The first-order valence-corrected chi connectivity index (χ1v) is 11.6. The van der Waals surface area contributed by atoms with Gasteiger partial charge in [0.05, 0.1) is 13.2 Å². The summed E-state index contributed by atoms with van der Waals surface area (Å²) in [5, 5.41) is 30.6. The number of aliphatic hydroxyl groups is 2. The summed E-state index contributed by atoms with van der Waals surface area (Å²) in [6.07, 6.45) is 7.29. The molecule has 6 nitrogen and oxygen atoms in total. The molecule has 1 saturated heterocycles. The van der Waals surface area contributed by atoms with E-state index in [1.807, 2.05) is 36.0 Å². The molecule has 166 valence electrons. The molecule has 1 aromatic carbocycles. The zero-order valence-corrected chi connectivity index (χ0v) is 18.2. The second kappa shape index (κ2) is 11.1. The Bertz CT molecular complexity index is 723. The number of thioether (sulfide) groups is 1. The van der Waals surface area contributed by atoms with Crippen LogP contribution in [0.25, 0.3) is 0 Å². The molecule has 2 fully saturated rings. The van der Waals surface area contributed by atoms with Gasteiger partial charge in [0, 0.05) is 28.9 Å². The lowest BCUT2D eigenvalue weighted by Gasteiger charge is -2.33. The molecular formula is C23H32O6S. The minimum Gasteiger partial charge on any atom is -0.497 e. The molecule has 3 rings (SSSR count). The summed E-state index contributed by atoms with van der Waals surface area (Å²) < 4.78 is 10.8. The first-order chi connectivity index (χ1) is 14.5. The highest BCUT2D eigenvalue weighted by atomic mass is 32.2. The molecule has 0 amide bonds. The van der Waals surface area contributed by atoms with Crippen LogP contribution in [0, 0.1) is 11.8 Å². The van der Waals surface area contributed by atoms with Gasteiger partial charge < -0.3 is 24.8 Å². The van der Waals surface area contributed by atoms with Gasteiger partial charge in [-0.3, -0.25) is 4.79 Å². The predicted molar refractivity (Wildman–Crippen MR) is 117 cm³/mol.